The number of nitrogens with two attached hydrogens (primary N) is 1. The van der Waals surface area contributed by atoms with Gasteiger partial charge in [0.05, 0.1) is 0 Å². The molecule has 3 fully saturated rings. The maximum atomic E-state index is 11.7. The summed E-state index contributed by atoms with van der Waals surface area (Å²) in [5.41, 5.74) is 8.03. The van der Waals surface area contributed by atoms with Crippen LogP contribution in [0.2, 0.25) is 0 Å². The van der Waals surface area contributed by atoms with Gasteiger partial charge in [0.2, 0.25) is 0 Å². The summed E-state index contributed by atoms with van der Waals surface area (Å²) >= 11 is 0. The van der Waals surface area contributed by atoms with Gasteiger partial charge in [0.15, 0.2) is 0 Å². The Morgan fingerprint density at radius 3 is 2.43 bits per heavy atom. The van der Waals surface area contributed by atoms with Crippen molar-refractivity contribution in [3.05, 3.63) is 65.5 Å². The molecule has 1 saturated heterocycles. The molecule has 4 atom stereocenters. The van der Waals surface area contributed by atoms with Crippen LogP contribution in [0.25, 0.3) is 0 Å². The van der Waals surface area contributed by atoms with E-state index in [0.717, 1.165) is 31.5 Å². The molecule has 158 valence electrons. The minimum Gasteiger partial charge on any atom is -0.373 e. The summed E-state index contributed by atoms with van der Waals surface area (Å²) in [6, 6.07) is 15.5. The van der Waals surface area contributed by atoms with Gasteiger partial charge < -0.3 is 10.5 Å². The van der Waals surface area contributed by atoms with E-state index in [1.165, 1.54) is 24.8 Å². The summed E-state index contributed by atoms with van der Waals surface area (Å²) < 4.78 is 6.35. The first-order valence-corrected chi connectivity index (χ1v) is 11.2. The minimum absolute atomic E-state index is 0.326. The number of benzene rings is 1. The fourth-order valence-corrected chi connectivity index (χ4v) is 6.48. The molecular weight excluding hydrogens is 374 g/mol. The van der Waals surface area contributed by atoms with E-state index in [-0.39, 0.29) is 5.60 Å². The molecule has 1 aromatic carbocycles. The molecule has 1 amide bonds. The molecule has 2 N–H and O–H groups in total. The molecule has 5 nitrogen and oxygen atoms in total. The molecule has 2 aliphatic carbocycles. The number of amides is 1. The first-order valence-electron chi connectivity index (χ1n) is 11.2. The van der Waals surface area contributed by atoms with Crippen molar-refractivity contribution >= 4 is 5.91 Å². The van der Waals surface area contributed by atoms with Crippen LogP contribution >= 0.6 is 0 Å². The number of carbonyl (C=O) groups excluding carboxylic acids is 1. The van der Waals surface area contributed by atoms with Crippen molar-refractivity contribution < 1.29 is 9.53 Å². The first kappa shape index (κ1) is 19.7. The van der Waals surface area contributed by atoms with E-state index in [2.05, 4.69) is 40.2 Å². The quantitative estimate of drug-likeness (QED) is 0.824. The van der Waals surface area contributed by atoms with Crippen LogP contribution in [0.1, 0.15) is 59.6 Å². The average Bonchev–Trinajstić information content (AvgIpc) is 2.73. The fourth-order valence-electron chi connectivity index (χ4n) is 6.48. The van der Waals surface area contributed by atoms with E-state index in [9.17, 15) is 4.79 Å². The number of ether oxygens (including phenoxy) is 1. The Morgan fingerprint density at radius 1 is 1.10 bits per heavy atom. The van der Waals surface area contributed by atoms with Gasteiger partial charge in [-0.15, -0.1) is 0 Å². The number of rotatable bonds is 5. The zero-order valence-electron chi connectivity index (χ0n) is 17.7. The summed E-state index contributed by atoms with van der Waals surface area (Å²) in [5, 5.41) is 0. The van der Waals surface area contributed by atoms with Gasteiger partial charge in [0.1, 0.15) is 11.3 Å². The van der Waals surface area contributed by atoms with E-state index in [4.69, 9.17) is 10.5 Å². The number of aromatic nitrogens is 1. The monoisotopic (exact) mass is 405 g/mol. The summed E-state index contributed by atoms with van der Waals surface area (Å²) in [6.45, 7) is 2.10. The predicted molar refractivity (Wildman–Crippen MR) is 116 cm³/mol. The highest BCUT2D eigenvalue weighted by molar-refractivity contribution is 5.90. The zero-order valence-corrected chi connectivity index (χ0v) is 17.7. The molecule has 2 heterocycles. The van der Waals surface area contributed by atoms with Gasteiger partial charge in [-0.25, -0.2) is 0 Å². The maximum absolute atomic E-state index is 11.7. The molecule has 30 heavy (non-hydrogen) atoms. The Kier molecular flexibility index (Phi) is 5.11. The van der Waals surface area contributed by atoms with Crippen LogP contribution in [0.3, 0.4) is 0 Å². The molecule has 3 aliphatic rings. The van der Waals surface area contributed by atoms with Crippen LogP contribution in [-0.4, -0.2) is 42.0 Å². The number of piperidine rings is 1. The van der Waals surface area contributed by atoms with Crippen LogP contribution in [0, 0.1) is 11.8 Å². The van der Waals surface area contributed by atoms with Crippen molar-refractivity contribution in [3.8, 4) is 0 Å². The second-order valence-corrected chi connectivity index (χ2v) is 9.23. The molecule has 2 bridgehead atoms. The number of fused-ring (bicyclic) bond motifs is 2. The predicted octanol–water partition coefficient (Wildman–Crippen LogP) is 3.70. The average molecular weight is 406 g/mol. The number of primary amides is 1. The highest BCUT2D eigenvalue weighted by Gasteiger charge is 2.55. The van der Waals surface area contributed by atoms with Crippen molar-refractivity contribution in [2.24, 2.45) is 17.6 Å². The van der Waals surface area contributed by atoms with Crippen LogP contribution in [-0.2, 0) is 10.3 Å². The number of hydrogen-bond donors (Lipinski definition) is 1. The van der Waals surface area contributed by atoms with Gasteiger partial charge in [-0.2, -0.15) is 0 Å². The van der Waals surface area contributed by atoms with Gasteiger partial charge in [-0.05, 0) is 54.9 Å². The largest absolute Gasteiger partial charge is 0.373 e. The lowest BCUT2D eigenvalue weighted by molar-refractivity contribution is -0.179. The van der Waals surface area contributed by atoms with Crippen LogP contribution in [0.15, 0.2) is 48.7 Å². The van der Waals surface area contributed by atoms with E-state index in [1.807, 2.05) is 19.2 Å². The topological polar surface area (TPSA) is 68.5 Å². The Labute approximate surface area is 178 Å². The third-order valence-electron chi connectivity index (χ3n) is 7.96. The molecule has 0 spiro atoms. The van der Waals surface area contributed by atoms with E-state index in [0.29, 0.717) is 29.5 Å². The Hall–Kier alpha value is -2.24. The summed E-state index contributed by atoms with van der Waals surface area (Å²) in [4.78, 5) is 18.6. The number of hydrogen-bond acceptors (Lipinski definition) is 4. The summed E-state index contributed by atoms with van der Waals surface area (Å²) in [6.07, 6.45) is 7.81. The number of methoxy groups -OCH3 is 1. The van der Waals surface area contributed by atoms with Crippen LogP contribution in [0.5, 0.6) is 0 Å². The lowest BCUT2D eigenvalue weighted by Crippen LogP contribution is -2.62. The van der Waals surface area contributed by atoms with Crippen molar-refractivity contribution in [2.75, 3.05) is 20.2 Å². The lowest BCUT2D eigenvalue weighted by atomic mass is 9.61. The van der Waals surface area contributed by atoms with E-state index in [1.54, 1.807) is 6.20 Å². The fraction of sp³-hybridized carbons (Fsp3) is 0.520. The van der Waals surface area contributed by atoms with Crippen molar-refractivity contribution in [2.45, 2.75) is 49.7 Å². The molecule has 0 radical (unpaired) electrons. The van der Waals surface area contributed by atoms with Crippen molar-refractivity contribution in [1.29, 1.82) is 0 Å². The normalized spacial score (nSPS) is 33.6. The van der Waals surface area contributed by atoms with Crippen LogP contribution in [0.4, 0.5) is 0 Å². The number of carbonyl (C=O) groups is 1. The zero-order chi connectivity index (χ0) is 20.7. The number of nitrogens with zero attached hydrogens (tertiary/aromatic N) is 2. The molecule has 1 aliphatic heterocycles. The maximum Gasteiger partial charge on any atom is 0.267 e. The molecule has 5 rings (SSSR count). The molecule has 2 saturated carbocycles. The third-order valence-corrected chi connectivity index (χ3v) is 7.96. The lowest BCUT2D eigenvalue weighted by Gasteiger charge is -2.58. The van der Waals surface area contributed by atoms with Gasteiger partial charge in [0.25, 0.3) is 5.91 Å². The Balaban J connectivity index is 1.44. The number of likely N-dealkylation sites (tertiary alicyclic amines) is 1. The Bertz CT molecular complexity index is 902. The third kappa shape index (κ3) is 3.07. The van der Waals surface area contributed by atoms with E-state index < -0.39 is 5.91 Å². The van der Waals surface area contributed by atoms with Gasteiger partial charge >= 0.3 is 0 Å². The molecule has 2 aromatic rings. The minimum atomic E-state index is -0.481. The second-order valence-electron chi connectivity index (χ2n) is 9.23. The Morgan fingerprint density at radius 2 is 1.83 bits per heavy atom. The molecular formula is C25H31N3O2. The first-order chi connectivity index (χ1) is 14.6. The number of pyridine rings is 1. The van der Waals surface area contributed by atoms with Crippen molar-refractivity contribution in [1.82, 2.24) is 9.88 Å². The van der Waals surface area contributed by atoms with Crippen LogP contribution < -0.4 is 5.73 Å². The summed E-state index contributed by atoms with van der Waals surface area (Å²) in [5.74, 6) is 0.987. The smallest absolute Gasteiger partial charge is 0.267 e. The standard InChI is InChI=1S/C25H31N3O2/c1-30-25(18-12-13-27-22(14-18)24(26)29)19-8-5-9-20(25)16-28(15-19)23-11-10-21(23)17-6-3-2-4-7-17/h2-4,6-7,12-14,19-21,23H,5,8-11,15-16H2,1H3,(H2,26,29)/t19?,20?,21-,23+,25?/m1/s1. The second kappa shape index (κ2) is 7.78. The SMILES string of the molecule is COC1(c2ccnc(C(N)=O)c2)C2CCCC1CN([C@H]1CC[C@@H]1c1ccccc1)C2. The van der Waals surface area contributed by atoms with Gasteiger partial charge in [-0.1, -0.05) is 36.8 Å². The molecule has 1 aromatic heterocycles. The highest BCUT2D eigenvalue weighted by Crippen LogP contribution is 2.53. The molecule has 5 heteroatoms. The summed E-state index contributed by atoms with van der Waals surface area (Å²) in [7, 11) is 1.83. The molecule has 2 unspecified atom stereocenters. The van der Waals surface area contributed by atoms with E-state index >= 15 is 0 Å². The highest BCUT2D eigenvalue weighted by atomic mass is 16.5. The van der Waals surface area contributed by atoms with Gasteiger partial charge in [-0.3, -0.25) is 14.7 Å². The van der Waals surface area contributed by atoms with Crippen molar-refractivity contribution in [3.63, 3.8) is 0 Å². The van der Waals surface area contributed by atoms with Gasteiger partial charge in [0, 0.05) is 44.3 Å².